The summed E-state index contributed by atoms with van der Waals surface area (Å²) in [6.45, 7) is 2.73. The van der Waals surface area contributed by atoms with E-state index in [4.69, 9.17) is 5.73 Å². The van der Waals surface area contributed by atoms with Crippen LogP contribution >= 0.6 is 0 Å². The average Bonchev–Trinajstić information content (AvgIpc) is 2.49. The summed E-state index contributed by atoms with van der Waals surface area (Å²) < 4.78 is 0. The van der Waals surface area contributed by atoms with E-state index >= 15 is 0 Å². The van der Waals surface area contributed by atoms with Crippen LogP contribution in [0.4, 0.5) is 0 Å². The lowest BCUT2D eigenvalue weighted by Gasteiger charge is -2.19. The van der Waals surface area contributed by atoms with Crippen LogP contribution in [-0.4, -0.2) is 23.0 Å². The molecule has 4 heteroatoms. The molecule has 0 unspecified atom stereocenters. The molecule has 0 spiro atoms. The summed E-state index contributed by atoms with van der Waals surface area (Å²) >= 11 is 0. The number of aromatic hydroxyl groups is 1. The maximum atomic E-state index is 12.5. The van der Waals surface area contributed by atoms with Gasteiger partial charge in [0.1, 0.15) is 5.75 Å². The zero-order chi connectivity index (χ0) is 15.4. The molecule has 0 aliphatic carbocycles. The third kappa shape index (κ3) is 3.41. The minimum absolute atomic E-state index is 0.110. The maximum Gasteiger partial charge on any atom is 0.254 e. The Labute approximate surface area is 124 Å². The molecular weight excluding hydrogens is 264 g/mol. The van der Waals surface area contributed by atoms with Gasteiger partial charge < -0.3 is 15.7 Å². The Morgan fingerprint density at radius 3 is 2.57 bits per heavy atom. The molecule has 4 nitrogen and oxygen atoms in total. The molecule has 0 aliphatic heterocycles. The Bertz CT molecular complexity index is 653. The Balaban J connectivity index is 2.17. The summed E-state index contributed by atoms with van der Waals surface area (Å²) in [5, 5.41) is 9.70. The van der Waals surface area contributed by atoms with E-state index in [-0.39, 0.29) is 11.7 Å². The van der Waals surface area contributed by atoms with Crippen LogP contribution in [0.15, 0.2) is 42.5 Å². The molecule has 0 radical (unpaired) electrons. The highest BCUT2D eigenvalue weighted by atomic mass is 16.3. The van der Waals surface area contributed by atoms with Crippen LogP contribution in [0.2, 0.25) is 0 Å². The van der Waals surface area contributed by atoms with Gasteiger partial charge in [-0.1, -0.05) is 30.3 Å². The molecule has 3 N–H and O–H groups in total. The molecule has 0 fully saturated rings. The van der Waals surface area contributed by atoms with Crippen molar-refractivity contribution < 1.29 is 9.90 Å². The van der Waals surface area contributed by atoms with Crippen molar-refractivity contribution in [2.24, 2.45) is 5.73 Å². The zero-order valence-electron chi connectivity index (χ0n) is 12.3. The standard InChI is InChI=1S/C17H20N2O2/c1-12-15(7-4-8-16(12)20)17(21)19(2)11-14-6-3-5-13(9-14)10-18/h3-9,20H,10-11,18H2,1-2H3. The van der Waals surface area contributed by atoms with E-state index in [0.717, 1.165) is 11.1 Å². The molecule has 0 saturated carbocycles. The van der Waals surface area contributed by atoms with Crippen LogP contribution in [0.5, 0.6) is 5.75 Å². The molecule has 2 aromatic carbocycles. The summed E-state index contributed by atoms with van der Waals surface area (Å²) in [7, 11) is 1.75. The number of nitrogens with two attached hydrogens (primary N) is 1. The second kappa shape index (κ2) is 6.41. The number of phenolic OH excluding ortho intramolecular Hbond substituents is 1. The summed E-state index contributed by atoms with van der Waals surface area (Å²) in [4.78, 5) is 14.1. The Morgan fingerprint density at radius 2 is 1.86 bits per heavy atom. The van der Waals surface area contributed by atoms with Crippen molar-refractivity contribution in [3.8, 4) is 5.75 Å². The van der Waals surface area contributed by atoms with Crippen LogP contribution in [0.25, 0.3) is 0 Å². The number of carbonyl (C=O) groups excluding carboxylic acids is 1. The molecule has 0 atom stereocenters. The van der Waals surface area contributed by atoms with Gasteiger partial charge in [0.05, 0.1) is 0 Å². The third-order valence-corrected chi connectivity index (χ3v) is 3.53. The van der Waals surface area contributed by atoms with Crippen molar-refractivity contribution in [1.29, 1.82) is 0 Å². The van der Waals surface area contributed by atoms with E-state index < -0.39 is 0 Å². The zero-order valence-corrected chi connectivity index (χ0v) is 12.3. The lowest BCUT2D eigenvalue weighted by Crippen LogP contribution is -2.26. The highest BCUT2D eigenvalue weighted by Gasteiger charge is 2.16. The fourth-order valence-electron chi connectivity index (χ4n) is 2.26. The van der Waals surface area contributed by atoms with Crippen LogP contribution in [0, 0.1) is 6.92 Å². The van der Waals surface area contributed by atoms with Crippen molar-refractivity contribution in [1.82, 2.24) is 4.90 Å². The predicted octanol–water partition coefficient (Wildman–Crippen LogP) is 2.43. The molecule has 110 valence electrons. The fraction of sp³-hybridized carbons (Fsp3) is 0.235. The van der Waals surface area contributed by atoms with Crippen molar-refractivity contribution >= 4 is 5.91 Å². The van der Waals surface area contributed by atoms with E-state index in [1.54, 1.807) is 37.1 Å². The van der Waals surface area contributed by atoms with Gasteiger partial charge in [0.15, 0.2) is 0 Å². The number of rotatable bonds is 4. The summed E-state index contributed by atoms with van der Waals surface area (Å²) in [5.74, 6) is 0.0286. The maximum absolute atomic E-state index is 12.5. The molecule has 0 aliphatic rings. The highest BCUT2D eigenvalue weighted by Crippen LogP contribution is 2.21. The van der Waals surface area contributed by atoms with Crippen molar-refractivity contribution in [2.75, 3.05) is 7.05 Å². The minimum atomic E-state index is -0.110. The number of carbonyl (C=O) groups is 1. The lowest BCUT2D eigenvalue weighted by atomic mass is 10.1. The van der Waals surface area contributed by atoms with Crippen LogP contribution in [0.3, 0.4) is 0 Å². The second-order valence-corrected chi connectivity index (χ2v) is 5.13. The molecule has 0 aromatic heterocycles. The third-order valence-electron chi connectivity index (χ3n) is 3.53. The quantitative estimate of drug-likeness (QED) is 0.906. The largest absolute Gasteiger partial charge is 0.508 e. The van der Waals surface area contributed by atoms with Crippen molar-refractivity contribution in [2.45, 2.75) is 20.0 Å². The average molecular weight is 284 g/mol. The number of hydrogen-bond donors (Lipinski definition) is 2. The molecular formula is C17H20N2O2. The van der Waals surface area contributed by atoms with Crippen molar-refractivity contribution in [3.63, 3.8) is 0 Å². The summed E-state index contributed by atoms with van der Waals surface area (Å²) in [6, 6.07) is 12.9. The SMILES string of the molecule is Cc1c(O)cccc1C(=O)N(C)Cc1cccc(CN)c1. The number of amides is 1. The molecule has 2 rings (SSSR count). The minimum Gasteiger partial charge on any atom is -0.508 e. The van der Waals surface area contributed by atoms with Gasteiger partial charge in [0, 0.05) is 31.3 Å². The smallest absolute Gasteiger partial charge is 0.254 e. The number of nitrogens with zero attached hydrogens (tertiary/aromatic N) is 1. The first-order valence-electron chi connectivity index (χ1n) is 6.85. The van der Waals surface area contributed by atoms with Crippen LogP contribution in [0.1, 0.15) is 27.0 Å². The first-order chi connectivity index (χ1) is 10.0. The first-order valence-corrected chi connectivity index (χ1v) is 6.85. The topological polar surface area (TPSA) is 66.6 Å². The van der Waals surface area contributed by atoms with E-state index in [1.165, 1.54) is 0 Å². The van der Waals surface area contributed by atoms with Gasteiger partial charge >= 0.3 is 0 Å². The first kappa shape index (κ1) is 15.1. The number of phenols is 1. The summed E-state index contributed by atoms with van der Waals surface area (Å²) in [5.41, 5.74) is 8.83. The predicted molar refractivity (Wildman–Crippen MR) is 83.0 cm³/mol. The van der Waals surface area contributed by atoms with E-state index in [1.807, 2.05) is 24.3 Å². The number of benzene rings is 2. The number of hydrogen-bond acceptors (Lipinski definition) is 3. The van der Waals surface area contributed by atoms with Gasteiger partial charge in [-0.2, -0.15) is 0 Å². The molecule has 1 amide bonds. The second-order valence-electron chi connectivity index (χ2n) is 5.13. The van der Waals surface area contributed by atoms with Crippen LogP contribution < -0.4 is 5.73 Å². The Morgan fingerprint density at radius 1 is 1.19 bits per heavy atom. The Hall–Kier alpha value is -2.33. The van der Waals surface area contributed by atoms with Gasteiger partial charge in [-0.15, -0.1) is 0 Å². The van der Waals surface area contributed by atoms with Gasteiger partial charge in [0.25, 0.3) is 5.91 Å². The lowest BCUT2D eigenvalue weighted by molar-refractivity contribution is 0.0784. The monoisotopic (exact) mass is 284 g/mol. The van der Waals surface area contributed by atoms with Gasteiger partial charge in [-0.25, -0.2) is 0 Å². The van der Waals surface area contributed by atoms with Crippen LogP contribution in [-0.2, 0) is 13.1 Å². The normalized spacial score (nSPS) is 10.4. The van der Waals surface area contributed by atoms with E-state index in [0.29, 0.717) is 24.2 Å². The van der Waals surface area contributed by atoms with Gasteiger partial charge in [-0.3, -0.25) is 4.79 Å². The summed E-state index contributed by atoms with van der Waals surface area (Å²) in [6.07, 6.45) is 0. The van der Waals surface area contributed by atoms with Gasteiger partial charge in [-0.05, 0) is 30.2 Å². The molecule has 2 aromatic rings. The molecule has 0 bridgehead atoms. The molecule has 0 saturated heterocycles. The molecule has 0 heterocycles. The van der Waals surface area contributed by atoms with E-state index in [2.05, 4.69) is 0 Å². The van der Waals surface area contributed by atoms with Gasteiger partial charge in [0.2, 0.25) is 0 Å². The fourth-order valence-corrected chi connectivity index (χ4v) is 2.26. The Kier molecular flexibility index (Phi) is 4.60. The van der Waals surface area contributed by atoms with E-state index in [9.17, 15) is 9.90 Å². The molecule has 21 heavy (non-hydrogen) atoms. The highest BCUT2D eigenvalue weighted by molar-refractivity contribution is 5.96. The van der Waals surface area contributed by atoms with Crippen molar-refractivity contribution in [3.05, 3.63) is 64.7 Å².